The third-order valence-electron chi connectivity index (χ3n) is 2.95. The molecule has 0 N–H and O–H groups in total. The van der Waals surface area contributed by atoms with Crippen LogP contribution in [0, 0.1) is 0 Å². The number of carbonyl (C=O) groups excluding carboxylic acids is 4. The Labute approximate surface area is 163 Å². The summed E-state index contributed by atoms with van der Waals surface area (Å²) in [5, 5.41) is 10.8. The molecular formula is C15H16N6O8. The second-order valence-corrected chi connectivity index (χ2v) is 5.36. The second kappa shape index (κ2) is 8.81. The van der Waals surface area contributed by atoms with E-state index in [1.54, 1.807) is 0 Å². The monoisotopic (exact) mass is 408 g/mol. The van der Waals surface area contributed by atoms with Crippen LogP contribution in [0.2, 0.25) is 0 Å². The van der Waals surface area contributed by atoms with Crippen molar-refractivity contribution in [1.82, 2.24) is 30.2 Å². The van der Waals surface area contributed by atoms with E-state index in [4.69, 9.17) is 18.9 Å². The van der Waals surface area contributed by atoms with Gasteiger partial charge in [-0.05, 0) is 16.5 Å². The molecule has 0 radical (unpaired) electrons. The van der Waals surface area contributed by atoms with Gasteiger partial charge in [-0.15, -0.1) is 9.78 Å². The van der Waals surface area contributed by atoms with Crippen molar-refractivity contribution in [2.24, 2.45) is 0 Å². The minimum absolute atomic E-state index is 0.0643. The summed E-state index contributed by atoms with van der Waals surface area (Å²) in [5.41, 5.74) is 0. The van der Waals surface area contributed by atoms with Gasteiger partial charge in [-0.2, -0.15) is 0 Å². The smallest absolute Gasteiger partial charge is 0.415 e. The van der Waals surface area contributed by atoms with E-state index in [-0.39, 0.29) is 11.6 Å². The van der Waals surface area contributed by atoms with Gasteiger partial charge in [0.25, 0.3) is 0 Å². The van der Waals surface area contributed by atoms with E-state index in [9.17, 15) is 19.2 Å². The molecule has 0 aliphatic heterocycles. The van der Waals surface area contributed by atoms with Crippen molar-refractivity contribution < 1.29 is 38.1 Å². The van der Waals surface area contributed by atoms with Crippen molar-refractivity contribution in [3.63, 3.8) is 0 Å². The third-order valence-corrected chi connectivity index (χ3v) is 2.95. The molecule has 0 spiro atoms. The number of rotatable bonds is 7. The van der Waals surface area contributed by atoms with Gasteiger partial charge in [0.2, 0.25) is 5.82 Å². The molecule has 0 bridgehead atoms. The van der Waals surface area contributed by atoms with E-state index in [1.807, 2.05) is 0 Å². The molecule has 2 aromatic heterocycles. The third kappa shape index (κ3) is 5.06. The number of hydrogen-bond donors (Lipinski definition) is 0. The number of aromatic nitrogens is 6. The highest BCUT2D eigenvalue weighted by Crippen LogP contribution is 2.31. The molecule has 29 heavy (non-hydrogen) atoms. The fourth-order valence-electron chi connectivity index (χ4n) is 2.14. The van der Waals surface area contributed by atoms with Crippen LogP contribution in [-0.2, 0) is 44.0 Å². The van der Waals surface area contributed by atoms with Crippen molar-refractivity contribution in [1.29, 1.82) is 0 Å². The predicted molar refractivity (Wildman–Crippen MR) is 87.7 cm³/mol. The standard InChI is InChI=1S/C15H16N6O8/c1-8(22)26-14(27-9(2)23)15(28-10(3)24,29-11(4)25)21-13(18-19-20-21)12-16-6-5-7-17-12/h5-7,14H,1-4H3. The Morgan fingerprint density at radius 2 is 1.41 bits per heavy atom. The van der Waals surface area contributed by atoms with Crippen LogP contribution < -0.4 is 0 Å². The van der Waals surface area contributed by atoms with Gasteiger partial charge in [-0.3, -0.25) is 19.2 Å². The van der Waals surface area contributed by atoms with E-state index in [0.29, 0.717) is 4.68 Å². The Balaban J connectivity index is 2.76. The highest BCUT2D eigenvalue weighted by Gasteiger charge is 2.56. The van der Waals surface area contributed by atoms with Gasteiger partial charge in [-0.1, -0.05) is 0 Å². The summed E-state index contributed by atoms with van der Waals surface area (Å²) in [5.74, 6) is -6.98. The van der Waals surface area contributed by atoms with Crippen molar-refractivity contribution in [2.45, 2.75) is 39.9 Å². The quantitative estimate of drug-likeness (QED) is 0.416. The molecular weight excluding hydrogens is 392 g/mol. The lowest BCUT2D eigenvalue weighted by Gasteiger charge is -2.35. The molecule has 0 aliphatic rings. The molecule has 0 fully saturated rings. The van der Waals surface area contributed by atoms with E-state index >= 15 is 0 Å². The normalized spacial score (nSPS) is 10.9. The Kier molecular flexibility index (Phi) is 6.48. The molecule has 14 heteroatoms. The molecule has 0 aliphatic carbocycles. The summed E-state index contributed by atoms with van der Waals surface area (Å²) in [7, 11) is 0. The predicted octanol–water partition coefficient (Wildman–Crippen LogP) is -0.681. The topological polar surface area (TPSA) is 175 Å². The maximum absolute atomic E-state index is 11.9. The van der Waals surface area contributed by atoms with Gasteiger partial charge in [0.05, 0.1) is 0 Å². The fraction of sp³-hybridized carbons (Fsp3) is 0.400. The molecule has 0 aromatic carbocycles. The first-order valence-electron chi connectivity index (χ1n) is 7.95. The van der Waals surface area contributed by atoms with Crippen LogP contribution in [0.1, 0.15) is 27.7 Å². The number of esters is 4. The highest BCUT2D eigenvalue weighted by molar-refractivity contribution is 5.70. The Bertz CT molecular complexity index is 883. The summed E-state index contributed by atoms with van der Waals surface area (Å²) in [6.07, 6.45) is 0.642. The first-order chi connectivity index (χ1) is 13.7. The number of nitrogens with zero attached hydrogens (tertiary/aromatic N) is 6. The van der Waals surface area contributed by atoms with Crippen LogP contribution in [0.4, 0.5) is 0 Å². The molecule has 0 unspecified atom stereocenters. The Morgan fingerprint density at radius 1 is 0.897 bits per heavy atom. The number of carbonyl (C=O) groups is 4. The molecule has 154 valence electrons. The zero-order valence-electron chi connectivity index (χ0n) is 15.8. The van der Waals surface area contributed by atoms with Gasteiger partial charge < -0.3 is 18.9 Å². The van der Waals surface area contributed by atoms with E-state index < -0.39 is 36.1 Å². The zero-order valence-corrected chi connectivity index (χ0v) is 15.8. The SMILES string of the molecule is CC(=O)OC(OC(C)=O)C(OC(C)=O)(OC(C)=O)n1nnnc1-c1ncccn1. The van der Waals surface area contributed by atoms with Gasteiger partial charge >= 0.3 is 36.1 Å². The average Bonchev–Trinajstić information content (AvgIpc) is 3.10. The summed E-state index contributed by atoms with van der Waals surface area (Å²) in [6.45, 7) is 3.92. The average molecular weight is 408 g/mol. The summed E-state index contributed by atoms with van der Waals surface area (Å²) >= 11 is 0. The van der Waals surface area contributed by atoms with Crippen LogP contribution in [-0.4, -0.2) is 60.3 Å². The largest absolute Gasteiger partial charge is 0.443 e. The van der Waals surface area contributed by atoms with Crippen molar-refractivity contribution in [3.8, 4) is 11.6 Å². The number of tetrazole rings is 1. The molecule has 2 rings (SSSR count). The molecule has 0 saturated heterocycles. The molecule has 0 amide bonds. The number of ether oxygens (including phenoxy) is 4. The van der Waals surface area contributed by atoms with Crippen LogP contribution in [0.15, 0.2) is 18.5 Å². The van der Waals surface area contributed by atoms with Crippen molar-refractivity contribution in [3.05, 3.63) is 18.5 Å². The molecule has 2 aromatic rings. The first-order valence-corrected chi connectivity index (χ1v) is 7.95. The molecule has 0 atom stereocenters. The maximum atomic E-state index is 11.9. The number of hydrogen-bond acceptors (Lipinski definition) is 13. The second-order valence-electron chi connectivity index (χ2n) is 5.36. The van der Waals surface area contributed by atoms with Gasteiger partial charge in [0.1, 0.15) is 0 Å². The Morgan fingerprint density at radius 3 is 1.86 bits per heavy atom. The fourth-order valence-corrected chi connectivity index (χ4v) is 2.14. The summed E-state index contributed by atoms with van der Waals surface area (Å²) in [6, 6.07) is 1.52. The van der Waals surface area contributed by atoms with Gasteiger partial charge in [0.15, 0.2) is 5.82 Å². The molecule has 0 saturated carbocycles. The van der Waals surface area contributed by atoms with Gasteiger partial charge in [-0.25, -0.2) is 9.97 Å². The highest BCUT2D eigenvalue weighted by atomic mass is 16.8. The van der Waals surface area contributed by atoms with Crippen molar-refractivity contribution >= 4 is 23.9 Å². The lowest BCUT2D eigenvalue weighted by molar-refractivity contribution is -0.354. The minimum atomic E-state index is -2.74. The molecule has 2 heterocycles. The van der Waals surface area contributed by atoms with Gasteiger partial charge in [0, 0.05) is 40.1 Å². The maximum Gasteiger partial charge on any atom is 0.443 e. The van der Waals surface area contributed by atoms with E-state index in [2.05, 4.69) is 25.5 Å². The van der Waals surface area contributed by atoms with Crippen molar-refractivity contribution in [2.75, 3.05) is 0 Å². The Hall–Kier alpha value is -3.97. The van der Waals surface area contributed by atoms with E-state index in [1.165, 1.54) is 18.5 Å². The van der Waals surface area contributed by atoms with Crippen LogP contribution in [0.25, 0.3) is 11.6 Å². The van der Waals surface area contributed by atoms with E-state index in [0.717, 1.165) is 27.7 Å². The van der Waals surface area contributed by atoms with Crippen LogP contribution in [0.3, 0.4) is 0 Å². The summed E-state index contributed by atoms with van der Waals surface area (Å²) < 4.78 is 20.8. The lowest BCUT2D eigenvalue weighted by Crippen LogP contribution is -2.55. The summed E-state index contributed by atoms with van der Waals surface area (Å²) in [4.78, 5) is 54.8. The first kappa shape index (κ1) is 21.3. The molecule has 14 nitrogen and oxygen atoms in total. The van der Waals surface area contributed by atoms with Crippen LogP contribution in [0.5, 0.6) is 0 Å². The lowest BCUT2D eigenvalue weighted by atomic mass is 10.4. The minimum Gasteiger partial charge on any atom is -0.415 e. The zero-order chi connectivity index (χ0) is 21.6. The van der Waals surface area contributed by atoms with Crippen LogP contribution >= 0.6 is 0 Å².